The normalized spacial score (nSPS) is 25.3. The highest BCUT2D eigenvalue weighted by Crippen LogP contribution is 2.44. The highest BCUT2D eigenvalue weighted by atomic mass is 35.5. The quantitative estimate of drug-likeness (QED) is 0.448. The molecule has 3 atom stereocenters. The van der Waals surface area contributed by atoms with Crippen LogP contribution in [-0.4, -0.2) is 53.3 Å². The number of fused-ring (bicyclic) bond motifs is 1. The van der Waals surface area contributed by atoms with Gasteiger partial charge in [0.25, 0.3) is 5.91 Å². The Hall–Kier alpha value is -1.45. The summed E-state index contributed by atoms with van der Waals surface area (Å²) in [6, 6.07) is 3.11. The van der Waals surface area contributed by atoms with Crippen LogP contribution in [0.4, 0.5) is 0 Å². The lowest BCUT2D eigenvalue weighted by molar-refractivity contribution is -0.149. The SMILES string of the molecule is BOC(=O)C1=C(CCl)C(C)S[C@@H]2[C@H](NC(=O)Cc3cccs3)C(=O)N12. The summed E-state index contributed by atoms with van der Waals surface area (Å²) < 4.78 is 4.81. The molecule has 0 radical (unpaired) electrons. The average molecular weight is 399 g/mol. The topological polar surface area (TPSA) is 75.7 Å². The lowest BCUT2D eigenvalue weighted by Crippen LogP contribution is -2.71. The minimum atomic E-state index is -0.642. The molecule has 0 bridgehead atoms. The van der Waals surface area contributed by atoms with Crippen LogP contribution in [0.2, 0.25) is 0 Å². The highest BCUT2D eigenvalue weighted by Gasteiger charge is 2.55. The second kappa shape index (κ2) is 7.43. The van der Waals surface area contributed by atoms with Crippen molar-refractivity contribution in [3.8, 4) is 0 Å². The molecule has 6 nitrogen and oxygen atoms in total. The molecule has 0 saturated carbocycles. The summed E-state index contributed by atoms with van der Waals surface area (Å²) in [7, 11) is 1.27. The Labute approximate surface area is 159 Å². The third-order valence-corrected chi connectivity index (χ3v) is 6.80. The molecule has 1 fully saturated rings. The number of hydrogen-bond donors (Lipinski definition) is 1. The summed E-state index contributed by atoms with van der Waals surface area (Å²) in [6.07, 6.45) is 0.237. The maximum atomic E-state index is 12.5. The summed E-state index contributed by atoms with van der Waals surface area (Å²) in [4.78, 5) is 39.2. The van der Waals surface area contributed by atoms with E-state index in [0.717, 1.165) is 4.88 Å². The number of nitrogens with one attached hydrogen (secondary N) is 1. The molecular weight excluding hydrogens is 383 g/mol. The molecule has 25 heavy (non-hydrogen) atoms. The van der Waals surface area contributed by atoms with Crippen LogP contribution in [0.15, 0.2) is 28.8 Å². The maximum absolute atomic E-state index is 12.5. The van der Waals surface area contributed by atoms with Gasteiger partial charge in [-0.1, -0.05) is 6.07 Å². The van der Waals surface area contributed by atoms with Crippen molar-refractivity contribution in [1.82, 2.24) is 10.2 Å². The van der Waals surface area contributed by atoms with Crippen LogP contribution in [0.5, 0.6) is 0 Å². The molecule has 2 aliphatic heterocycles. The fourth-order valence-corrected chi connectivity index (χ4v) is 5.51. The van der Waals surface area contributed by atoms with Crippen LogP contribution in [-0.2, 0) is 25.5 Å². The zero-order chi connectivity index (χ0) is 18.1. The number of nitrogens with zero attached hydrogens (tertiary/aromatic N) is 1. The van der Waals surface area contributed by atoms with Gasteiger partial charge < -0.3 is 9.97 Å². The van der Waals surface area contributed by atoms with E-state index in [4.69, 9.17) is 16.3 Å². The number of thiophene rings is 1. The van der Waals surface area contributed by atoms with Crippen LogP contribution >= 0.6 is 34.7 Å². The Morgan fingerprint density at radius 3 is 2.84 bits per heavy atom. The molecule has 2 aliphatic rings. The molecule has 1 unspecified atom stereocenters. The van der Waals surface area contributed by atoms with Crippen molar-refractivity contribution in [1.29, 1.82) is 0 Å². The molecule has 0 aliphatic carbocycles. The molecule has 3 heterocycles. The summed E-state index contributed by atoms with van der Waals surface area (Å²) in [6.45, 7) is 1.93. The summed E-state index contributed by atoms with van der Waals surface area (Å²) in [5.74, 6) is -0.957. The number of alkyl halides is 1. The van der Waals surface area contributed by atoms with Crippen molar-refractivity contribution in [2.24, 2.45) is 0 Å². The van der Waals surface area contributed by atoms with Gasteiger partial charge in [-0.3, -0.25) is 14.5 Å². The molecule has 0 spiro atoms. The van der Waals surface area contributed by atoms with Crippen molar-refractivity contribution in [3.05, 3.63) is 33.7 Å². The van der Waals surface area contributed by atoms with E-state index in [-0.39, 0.29) is 40.4 Å². The molecule has 1 N–H and O–H groups in total. The molecular formula is C15H16BClN2O4S2. The van der Waals surface area contributed by atoms with Crippen molar-refractivity contribution < 1.29 is 19.0 Å². The van der Waals surface area contributed by atoms with Gasteiger partial charge in [0.2, 0.25) is 5.91 Å². The lowest BCUT2D eigenvalue weighted by Gasteiger charge is -2.51. The predicted octanol–water partition coefficient (Wildman–Crippen LogP) is 0.663. The van der Waals surface area contributed by atoms with Crippen molar-refractivity contribution >= 4 is 60.5 Å². The minimum absolute atomic E-state index is 0.0438. The van der Waals surface area contributed by atoms with Crippen LogP contribution in [0.3, 0.4) is 0 Å². The number of halogens is 1. The van der Waals surface area contributed by atoms with Gasteiger partial charge in [0, 0.05) is 16.0 Å². The average Bonchev–Trinajstić information content (AvgIpc) is 3.10. The van der Waals surface area contributed by atoms with Gasteiger partial charge in [0.1, 0.15) is 17.1 Å². The molecule has 1 aromatic heterocycles. The van der Waals surface area contributed by atoms with Crippen molar-refractivity contribution in [2.75, 3.05) is 5.88 Å². The first kappa shape index (κ1) is 18.3. The smallest absolute Gasteiger partial charge is 0.337 e. The van der Waals surface area contributed by atoms with E-state index in [2.05, 4.69) is 5.32 Å². The standard InChI is InChI=1S/C15H16BClN2O4S2/c1-7-9(6-17)12(15(22)23-16)19-13(21)11(14(19)25-7)18-10(20)5-8-3-2-4-24-8/h2-4,7,11,14H,5-6,16H2,1H3,(H,18,20)/t7?,11-,14-/m1/s1. The van der Waals surface area contributed by atoms with Crippen LogP contribution in [0.1, 0.15) is 11.8 Å². The second-order valence-corrected chi connectivity index (χ2v) is 8.44. The number of amides is 2. The second-order valence-electron chi connectivity index (χ2n) is 5.68. The van der Waals surface area contributed by atoms with E-state index in [1.807, 2.05) is 24.4 Å². The Bertz CT molecular complexity index is 740. The Morgan fingerprint density at radius 1 is 1.48 bits per heavy atom. The summed E-state index contributed by atoms with van der Waals surface area (Å²) >= 11 is 8.97. The number of thioether (sulfide) groups is 1. The fraction of sp³-hybridized carbons (Fsp3) is 0.400. The van der Waals surface area contributed by atoms with E-state index in [9.17, 15) is 14.4 Å². The first-order valence-corrected chi connectivity index (χ1v) is 10.0. The summed E-state index contributed by atoms with van der Waals surface area (Å²) in [5, 5.41) is 4.32. The number of rotatable bonds is 5. The number of hydrogen-bond acceptors (Lipinski definition) is 6. The van der Waals surface area contributed by atoms with Gasteiger partial charge in [-0.25, -0.2) is 4.79 Å². The van der Waals surface area contributed by atoms with Crippen molar-refractivity contribution in [2.45, 2.75) is 30.0 Å². The molecule has 10 heteroatoms. The van der Waals surface area contributed by atoms with Crippen molar-refractivity contribution in [3.63, 3.8) is 0 Å². The van der Waals surface area contributed by atoms with Crippen LogP contribution in [0.25, 0.3) is 0 Å². The first-order valence-electron chi connectivity index (χ1n) is 7.65. The Morgan fingerprint density at radius 2 is 2.24 bits per heavy atom. The molecule has 1 saturated heterocycles. The van der Waals surface area contributed by atoms with Crippen LogP contribution in [0, 0.1) is 0 Å². The van der Waals surface area contributed by atoms with Gasteiger partial charge in [0.15, 0.2) is 0 Å². The van der Waals surface area contributed by atoms with E-state index < -0.39 is 12.0 Å². The van der Waals surface area contributed by atoms with E-state index in [0.29, 0.717) is 5.57 Å². The monoisotopic (exact) mass is 398 g/mol. The molecule has 1 aromatic rings. The Kier molecular flexibility index (Phi) is 5.45. The molecule has 2 amide bonds. The number of carbonyl (C=O) groups is 3. The highest BCUT2D eigenvalue weighted by molar-refractivity contribution is 8.00. The zero-order valence-corrected chi connectivity index (χ0v) is 16.0. The largest absolute Gasteiger partial charge is 0.539 e. The van der Waals surface area contributed by atoms with Gasteiger partial charge >= 0.3 is 14.0 Å². The Balaban J connectivity index is 1.76. The first-order chi connectivity index (χ1) is 12.0. The predicted molar refractivity (Wildman–Crippen MR) is 100 cm³/mol. The minimum Gasteiger partial charge on any atom is -0.539 e. The number of carbonyl (C=O) groups excluding carboxylic acids is 3. The molecule has 3 rings (SSSR count). The van der Waals surface area contributed by atoms with E-state index in [1.54, 1.807) is 0 Å². The fourth-order valence-electron chi connectivity index (χ4n) is 2.91. The summed E-state index contributed by atoms with van der Waals surface area (Å²) in [5.41, 5.74) is 0.883. The van der Waals surface area contributed by atoms with Gasteiger partial charge in [-0.15, -0.1) is 34.7 Å². The van der Waals surface area contributed by atoms with Gasteiger partial charge in [-0.05, 0) is 23.9 Å². The van der Waals surface area contributed by atoms with E-state index >= 15 is 0 Å². The van der Waals surface area contributed by atoms with Gasteiger partial charge in [-0.2, -0.15) is 0 Å². The number of β-lactam (4-membered cyclic amide) rings is 1. The molecule has 132 valence electrons. The lowest BCUT2D eigenvalue weighted by atomic mass is 10.0. The maximum Gasteiger partial charge on any atom is 0.337 e. The zero-order valence-electron chi connectivity index (χ0n) is 13.7. The third kappa shape index (κ3) is 3.32. The van der Waals surface area contributed by atoms with Crippen LogP contribution < -0.4 is 5.32 Å². The third-order valence-electron chi connectivity index (χ3n) is 4.18. The molecule has 0 aromatic carbocycles. The van der Waals surface area contributed by atoms with E-state index in [1.165, 1.54) is 36.0 Å². The van der Waals surface area contributed by atoms with Gasteiger partial charge in [0.05, 0.1) is 6.42 Å².